The molecular formula is C17H19BrClNO. The Labute approximate surface area is 139 Å². The second kappa shape index (κ2) is 7.83. The molecule has 0 spiro atoms. The van der Waals surface area contributed by atoms with Crippen molar-refractivity contribution in [1.29, 1.82) is 0 Å². The van der Waals surface area contributed by atoms with Crippen molar-refractivity contribution in [3.8, 4) is 5.75 Å². The van der Waals surface area contributed by atoms with Crippen molar-refractivity contribution in [3.63, 3.8) is 0 Å². The Morgan fingerprint density at radius 3 is 2.71 bits per heavy atom. The number of ether oxygens (including phenoxy) is 1. The minimum absolute atomic E-state index is 0.240. The Bertz CT molecular complexity index is 603. The molecule has 0 bridgehead atoms. The molecule has 0 aliphatic carbocycles. The minimum Gasteiger partial charge on any atom is -0.488 e. The van der Waals surface area contributed by atoms with Crippen molar-refractivity contribution in [2.75, 3.05) is 6.54 Å². The van der Waals surface area contributed by atoms with E-state index in [4.69, 9.17) is 16.3 Å². The summed E-state index contributed by atoms with van der Waals surface area (Å²) in [7, 11) is 0. The Morgan fingerprint density at radius 1 is 1.24 bits per heavy atom. The van der Waals surface area contributed by atoms with E-state index in [0.717, 1.165) is 32.9 Å². The lowest BCUT2D eigenvalue weighted by Gasteiger charge is -2.18. The molecule has 1 atom stereocenters. The van der Waals surface area contributed by atoms with Crippen LogP contribution in [0.5, 0.6) is 5.75 Å². The van der Waals surface area contributed by atoms with Crippen LogP contribution >= 0.6 is 27.5 Å². The molecule has 0 aromatic heterocycles. The first-order valence-electron chi connectivity index (χ1n) is 7.01. The fourth-order valence-electron chi connectivity index (χ4n) is 2.18. The summed E-state index contributed by atoms with van der Waals surface area (Å²) in [6, 6.07) is 14.1. The van der Waals surface area contributed by atoms with Gasteiger partial charge >= 0.3 is 0 Å². The normalized spacial score (nSPS) is 12.2. The van der Waals surface area contributed by atoms with Crippen molar-refractivity contribution in [2.45, 2.75) is 26.5 Å². The lowest BCUT2D eigenvalue weighted by molar-refractivity contribution is 0.300. The molecule has 2 aromatic rings. The van der Waals surface area contributed by atoms with Crippen LogP contribution < -0.4 is 10.1 Å². The molecule has 0 saturated carbocycles. The molecule has 0 radical (unpaired) electrons. The topological polar surface area (TPSA) is 21.3 Å². The average molecular weight is 369 g/mol. The first-order chi connectivity index (χ1) is 10.1. The first kappa shape index (κ1) is 16.3. The number of benzene rings is 2. The molecule has 0 aliphatic heterocycles. The van der Waals surface area contributed by atoms with Gasteiger partial charge in [-0.2, -0.15) is 0 Å². The zero-order valence-corrected chi connectivity index (χ0v) is 14.5. The zero-order valence-electron chi connectivity index (χ0n) is 12.2. The lowest BCUT2D eigenvalue weighted by Crippen LogP contribution is -2.18. The summed E-state index contributed by atoms with van der Waals surface area (Å²) in [5.41, 5.74) is 2.13. The minimum atomic E-state index is 0.240. The van der Waals surface area contributed by atoms with Crippen LogP contribution in [0.2, 0.25) is 5.02 Å². The van der Waals surface area contributed by atoms with E-state index in [2.05, 4.69) is 41.2 Å². The summed E-state index contributed by atoms with van der Waals surface area (Å²) < 4.78 is 7.00. The van der Waals surface area contributed by atoms with Gasteiger partial charge in [0.2, 0.25) is 0 Å². The van der Waals surface area contributed by atoms with Crippen molar-refractivity contribution < 1.29 is 4.74 Å². The van der Waals surface area contributed by atoms with Crippen LogP contribution in [0.1, 0.15) is 31.0 Å². The highest BCUT2D eigenvalue weighted by Gasteiger charge is 2.12. The first-order valence-corrected chi connectivity index (χ1v) is 8.18. The molecule has 2 nitrogen and oxygen atoms in total. The van der Waals surface area contributed by atoms with Crippen LogP contribution in [-0.4, -0.2) is 6.54 Å². The maximum atomic E-state index is 6.17. The van der Waals surface area contributed by atoms with Gasteiger partial charge in [-0.25, -0.2) is 0 Å². The molecule has 0 aliphatic rings. The summed E-state index contributed by atoms with van der Waals surface area (Å²) in [6.07, 6.45) is 0. The second-order valence-electron chi connectivity index (χ2n) is 4.84. The smallest absolute Gasteiger partial charge is 0.125 e. The Kier molecular flexibility index (Phi) is 6.09. The van der Waals surface area contributed by atoms with Crippen LogP contribution in [0.25, 0.3) is 0 Å². The van der Waals surface area contributed by atoms with Gasteiger partial charge in [0.05, 0.1) is 0 Å². The van der Waals surface area contributed by atoms with Crippen molar-refractivity contribution in [3.05, 3.63) is 63.1 Å². The highest BCUT2D eigenvalue weighted by atomic mass is 79.9. The summed E-state index contributed by atoms with van der Waals surface area (Å²) in [6.45, 7) is 5.61. The maximum Gasteiger partial charge on any atom is 0.125 e. The van der Waals surface area contributed by atoms with Crippen LogP contribution in [0.15, 0.2) is 46.9 Å². The van der Waals surface area contributed by atoms with Gasteiger partial charge in [-0.1, -0.05) is 58.7 Å². The fourth-order valence-corrected chi connectivity index (χ4v) is 2.71. The van der Waals surface area contributed by atoms with E-state index in [9.17, 15) is 0 Å². The predicted octanol–water partition coefficient (Wildman–Crippen LogP) is 5.35. The molecule has 2 aromatic carbocycles. The molecule has 1 N–H and O–H groups in total. The van der Waals surface area contributed by atoms with Gasteiger partial charge in [-0.05, 0) is 31.7 Å². The predicted molar refractivity (Wildman–Crippen MR) is 92.0 cm³/mol. The molecule has 112 valence electrons. The van der Waals surface area contributed by atoms with Gasteiger partial charge in [-0.15, -0.1) is 0 Å². The van der Waals surface area contributed by atoms with Crippen molar-refractivity contribution >= 4 is 27.5 Å². The molecule has 1 unspecified atom stereocenters. The van der Waals surface area contributed by atoms with E-state index in [1.54, 1.807) is 0 Å². The third-order valence-electron chi connectivity index (χ3n) is 3.29. The highest BCUT2D eigenvalue weighted by Crippen LogP contribution is 2.30. The van der Waals surface area contributed by atoms with Crippen LogP contribution in [0.3, 0.4) is 0 Å². The fraction of sp³-hybridized carbons (Fsp3) is 0.294. The van der Waals surface area contributed by atoms with E-state index in [0.29, 0.717) is 6.61 Å². The monoisotopic (exact) mass is 367 g/mol. The van der Waals surface area contributed by atoms with E-state index in [1.165, 1.54) is 0 Å². The molecule has 2 rings (SSSR count). The van der Waals surface area contributed by atoms with Gasteiger partial charge in [0, 0.05) is 26.7 Å². The Hall–Kier alpha value is -1.03. The van der Waals surface area contributed by atoms with Gasteiger partial charge in [0.1, 0.15) is 12.4 Å². The standard InChI is InChI=1S/C17H19BrClNO/c1-3-20-12(2)15-9-8-14(18)10-17(15)21-11-13-6-4-5-7-16(13)19/h4-10,12,20H,3,11H2,1-2H3. The molecule has 0 fully saturated rings. The largest absolute Gasteiger partial charge is 0.488 e. The number of rotatable bonds is 6. The van der Waals surface area contributed by atoms with E-state index >= 15 is 0 Å². The molecule has 21 heavy (non-hydrogen) atoms. The van der Waals surface area contributed by atoms with Crippen LogP contribution in [0.4, 0.5) is 0 Å². The maximum absolute atomic E-state index is 6.17. The second-order valence-corrected chi connectivity index (χ2v) is 6.16. The number of hydrogen-bond acceptors (Lipinski definition) is 2. The third-order valence-corrected chi connectivity index (χ3v) is 4.16. The summed E-state index contributed by atoms with van der Waals surface area (Å²) in [4.78, 5) is 0. The van der Waals surface area contributed by atoms with Crippen LogP contribution in [0, 0.1) is 0 Å². The van der Waals surface area contributed by atoms with E-state index in [-0.39, 0.29) is 6.04 Å². The SMILES string of the molecule is CCNC(C)c1ccc(Br)cc1OCc1ccccc1Cl. The molecule has 0 heterocycles. The molecule has 0 saturated heterocycles. The summed E-state index contributed by atoms with van der Waals surface area (Å²) in [5, 5.41) is 4.14. The molecule has 0 amide bonds. The molecule has 4 heteroatoms. The Morgan fingerprint density at radius 2 is 2.00 bits per heavy atom. The number of nitrogens with one attached hydrogen (secondary N) is 1. The lowest BCUT2D eigenvalue weighted by atomic mass is 10.1. The quantitative estimate of drug-likeness (QED) is 0.742. The molecular weight excluding hydrogens is 350 g/mol. The van der Waals surface area contributed by atoms with Crippen LogP contribution in [-0.2, 0) is 6.61 Å². The van der Waals surface area contributed by atoms with Gasteiger partial charge in [0.25, 0.3) is 0 Å². The van der Waals surface area contributed by atoms with Gasteiger partial charge in [-0.3, -0.25) is 0 Å². The van der Waals surface area contributed by atoms with E-state index in [1.807, 2.05) is 36.4 Å². The average Bonchev–Trinajstić information content (AvgIpc) is 2.46. The van der Waals surface area contributed by atoms with Gasteiger partial charge in [0.15, 0.2) is 0 Å². The van der Waals surface area contributed by atoms with E-state index < -0.39 is 0 Å². The third kappa shape index (κ3) is 4.47. The van der Waals surface area contributed by atoms with Crippen molar-refractivity contribution in [1.82, 2.24) is 5.32 Å². The summed E-state index contributed by atoms with van der Waals surface area (Å²) >= 11 is 9.67. The zero-order chi connectivity index (χ0) is 15.2. The summed E-state index contributed by atoms with van der Waals surface area (Å²) in [5.74, 6) is 0.873. The van der Waals surface area contributed by atoms with Crippen molar-refractivity contribution in [2.24, 2.45) is 0 Å². The number of halogens is 2. The highest BCUT2D eigenvalue weighted by molar-refractivity contribution is 9.10. The number of hydrogen-bond donors (Lipinski definition) is 1. The Balaban J connectivity index is 2.18. The van der Waals surface area contributed by atoms with Gasteiger partial charge < -0.3 is 10.1 Å².